The Balaban J connectivity index is 2.53. The molecule has 7 nitrogen and oxygen atoms in total. The third-order valence-corrected chi connectivity index (χ3v) is 3.27. The second kappa shape index (κ2) is 9.81. The topological polar surface area (TPSA) is 79.9 Å². The van der Waals surface area contributed by atoms with E-state index >= 15 is 0 Å². The van der Waals surface area contributed by atoms with E-state index in [0.29, 0.717) is 18.8 Å². The molecule has 7 heteroatoms. The molecule has 0 heterocycles. The van der Waals surface area contributed by atoms with Crippen molar-refractivity contribution < 1.29 is 19.1 Å². The molecule has 0 bridgehead atoms. The van der Waals surface area contributed by atoms with Crippen molar-refractivity contribution in [3.63, 3.8) is 0 Å². The predicted octanol–water partition coefficient (Wildman–Crippen LogP) is 0.177. The summed E-state index contributed by atoms with van der Waals surface area (Å²) in [6.07, 6.45) is -0.398. The second-order valence-corrected chi connectivity index (χ2v) is 5.24. The van der Waals surface area contributed by atoms with Crippen molar-refractivity contribution >= 4 is 11.8 Å². The van der Waals surface area contributed by atoms with E-state index in [0.717, 1.165) is 5.56 Å². The summed E-state index contributed by atoms with van der Waals surface area (Å²) in [5, 5.41) is 5.14. The Morgan fingerprint density at radius 3 is 2.39 bits per heavy atom. The number of hydrogen-bond acceptors (Lipinski definition) is 5. The lowest BCUT2D eigenvalue weighted by Gasteiger charge is -2.19. The van der Waals surface area contributed by atoms with Crippen LogP contribution in [0.4, 0.5) is 0 Å². The number of carbonyl (C=O) groups is 2. The van der Waals surface area contributed by atoms with Crippen molar-refractivity contribution in [1.82, 2.24) is 15.5 Å². The standard InChI is InChI=1S/C16H25N3O4/c1-19(2)10-9-17-15(20)16(21)18-11-14(23-4)12-7-5-6-8-13(12)22-3/h5-8,14H,9-11H2,1-4H3,(H,17,20)(H,18,21). The molecule has 0 aliphatic rings. The number of methoxy groups -OCH3 is 2. The first-order valence-corrected chi connectivity index (χ1v) is 7.36. The summed E-state index contributed by atoms with van der Waals surface area (Å²) in [7, 11) is 6.90. The normalized spacial score (nSPS) is 11.9. The smallest absolute Gasteiger partial charge is 0.309 e. The summed E-state index contributed by atoms with van der Waals surface area (Å²) in [5.74, 6) is -0.661. The Labute approximate surface area is 136 Å². The van der Waals surface area contributed by atoms with Gasteiger partial charge in [0.25, 0.3) is 0 Å². The minimum Gasteiger partial charge on any atom is -0.496 e. The maximum atomic E-state index is 11.8. The fourth-order valence-corrected chi connectivity index (χ4v) is 1.99. The van der Waals surface area contributed by atoms with E-state index in [1.165, 1.54) is 0 Å². The van der Waals surface area contributed by atoms with Crippen molar-refractivity contribution in [1.29, 1.82) is 0 Å². The number of benzene rings is 1. The molecule has 0 aliphatic heterocycles. The Kier molecular flexibility index (Phi) is 8.07. The third kappa shape index (κ3) is 6.25. The van der Waals surface area contributed by atoms with Crippen molar-refractivity contribution in [2.75, 3.05) is 47.9 Å². The quantitative estimate of drug-likeness (QED) is 0.667. The number of likely N-dealkylation sites (N-methyl/N-ethyl adjacent to an activating group) is 1. The SMILES string of the molecule is COc1ccccc1C(CNC(=O)C(=O)NCCN(C)C)OC. The lowest BCUT2D eigenvalue weighted by molar-refractivity contribution is -0.139. The fourth-order valence-electron chi connectivity index (χ4n) is 1.99. The fraction of sp³-hybridized carbons (Fsp3) is 0.500. The van der Waals surface area contributed by atoms with Gasteiger partial charge in [0.05, 0.1) is 7.11 Å². The summed E-state index contributed by atoms with van der Waals surface area (Å²) in [6, 6.07) is 7.39. The first-order chi connectivity index (χ1) is 11.0. The molecule has 0 fully saturated rings. The van der Waals surface area contributed by atoms with Crippen LogP contribution in [-0.4, -0.2) is 64.7 Å². The van der Waals surface area contributed by atoms with Gasteiger partial charge in [-0.1, -0.05) is 18.2 Å². The van der Waals surface area contributed by atoms with Crippen LogP contribution in [-0.2, 0) is 14.3 Å². The third-order valence-electron chi connectivity index (χ3n) is 3.27. The maximum Gasteiger partial charge on any atom is 0.309 e. The first-order valence-electron chi connectivity index (χ1n) is 7.36. The van der Waals surface area contributed by atoms with E-state index in [1.54, 1.807) is 14.2 Å². The van der Waals surface area contributed by atoms with Crippen LogP contribution in [0.15, 0.2) is 24.3 Å². The summed E-state index contributed by atoms with van der Waals surface area (Å²) in [5.41, 5.74) is 0.811. The lowest BCUT2D eigenvalue weighted by atomic mass is 10.1. The number of para-hydroxylation sites is 1. The summed E-state index contributed by atoms with van der Waals surface area (Å²) >= 11 is 0. The number of hydrogen-bond donors (Lipinski definition) is 2. The van der Waals surface area contributed by atoms with Gasteiger partial charge >= 0.3 is 11.8 Å². The number of nitrogens with one attached hydrogen (secondary N) is 2. The number of ether oxygens (including phenoxy) is 2. The second-order valence-electron chi connectivity index (χ2n) is 5.24. The minimum absolute atomic E-state index is 0.177. The van der Waals surface area contributed by atoms with Crippen molar-refractivity contribution in [3.8, 4) is 5.75 Å². The number of amides is 2. The molecule has 1 aromatic carbocycles. The Morgan fingerprint density at radius 2 is 1.78 bits per heavy atom. The lowest BCUT2D eigenvalue weighted by Crippen LogP contribution is -2.43. The van der Waals surface area contributed by atoms with Crippen LogP contribution in [0.1, 0.15) is 11.7 Å². The molecule has 0 aromatic heterocycles. The van der Waals surface area contributed by atoms with E-state index in [2.05, 4.69) is 10.6 Å². The van der Waals surface area contributed by atoms with E-state index in [4.69, 9.17) is 9.47 Å². The van der Waals surface area contributed by atoms with Crippen LogP contribution in [0.25, 0.3) is 0 Å². The highest BCUT2D eigenvalue weighted by atomic mass is 16.5. The summed E-state index contributed by atoms with van der Waals surface area (Å²) in [4.78, 5) is 25.4. The van der Waals surface area contributed by atoms with Gasteiger partial charge in [-0.3, -0.25) is 9.59 Å². The molecule has 0 spiro atoms. The van der Waals surface area contributed by atoms with Gasteiger partial charge in [0.15, 0.2) is 0 Å². The molecule has 0 saturated heterocycles. The molecule has 1 unspecified atom stereocenters. The Morgan fingerprint density at radius 1 is 1.13 bits per heavy atom. The molecule has 1 aromatic rings. The highest BCUT2D eigenvalue weighted by Gasteiger charge is 2.19. The van der Waals surface area contributed by atoms with Crippen molar-refractivity contribution in [2.45, 2.75) is 6.10 Å². The molecule has 2 N–H and O–H groups in total. The van der Waals surface area contributed by atoms with Gasteiger partial charge in [0.1, 0.15) is 11.9 Å². The average Bonchev–Trinajstić information content (AvgIpc) is 2.55. The van der Waals surface area contributed by atoms with Crippen LogP contribution in [0, 0.1) is 0 Å². The Hall–Kier alpha value is -2.12. The molecule has 0 radical (unpaired) electrons. The molecule has 0 saturated carbocycles. The van der Waals surface area contributed by atoms with E-state index in [9.17, 15) is 9.59 Å². The van der Waals surface area contributed by atoms with Crippen LogP contribution in [0.3, 0.4) is 0 Å². The number of nitrogens with zero attached hydrogens (tertiary/aromatic N) is 1. The molecule has 1 atom stereocenters. The molecular weight excluding hydrogens is 298 g/mol. The van der Waals surface area contributed by atoms with Gasteiger partial charge in [-0.25, -0.2) is 0 Å². The predicted molar refractivity (Wildman–Crippen MR) is 87.3 cm³/mol. The zero-order valence-corrected chi connectivity index (χ0v) is 14.1. The zero-order valence-electron chi connectivity index (χ0n) is 14.1. The van der Waals surface area contributed by atoms with Crippen LogP contribution in [0.2, 0.25) is 0 Å². The number of rotatable bonds is 8. The van der Waals surface area contributed by atoms with E-state index < -0.39 is 17.9 Å². The van der Waals surface area contributed by atoms with E-state index in [1.807, 2.05) is 43.3 Å². The molecule has 23 heavy (non-hydrogen) atoms. The van der Waals surface area contributed by atoms with Gasteiger partial charge in [-0.2, -0.15) is 0 Å². The van der Waals surface area contributed by atoms with Crippen LogP contribution >= 0.6 is 0 Å². The molecule has 1 rings (SSSR count). The average molecular weight is 323 g/mol. The molecule has 0 aliphatic carbocycles. The van der Waals surface area contributed by atoms with Crippen molar-refractivity contribution in [2.24, 2.45) is 0 Å². The van der Waals surface area contributed by atoms with Gasteiger partial charge in [0, 0.05) is 32.3 Å². The first kappa shape index (κ1) is 18.9. The monoisotopic (exact) mass is 323 g/mol. The van der Waals surface area contributed by atoms with Crippen LogP contribution < -0.4 is 15.4 Å². The summed E-state index contributed by atoms with van der Waals surface area (Å²) < 4.78 is 10.7. The number of carbonyl (C=O) groups excluding carboxylic acids is 2. The van der Waals surface area contributed by atoms with Crippen molar-refractivity contribution in [3.05, 3.63) is 29.8 Å². The van der Waals surface area contributed by atoms with Crippen LogP contribution in [0.5, 0.6) is 5.75 Å². The Bertz CT molecular complexity index is 520. The largest absolute Gasteiger partial charge is 0.496 e. The molecule has 2 amide bonds. The van der Waals surface area contributed by atoms with Gasteiger partial charge in [-0.15, -0.1) is 0 Å². The summed E-state index contributed by atoms with van der Waals surface area (Å²) in [6.45, 7) is 1.26. The zero-order chi connectivity index (χ0) is 17.2. The van der Waals surface area contributed by atoms with Gasteiger partial charge in [-0.05, 0) is 20.2 Å². The highest BCUT2D eigenvalue weighted by Crippen LogP contribution is 2.26. The van der Waals surface area contributed by atoms with E-state index in [-0.39, 0.29) is 6.54 Å². The molecular formula is C16H25N3O4. The highest BCUT2D eigenvalue weighted by molar-refractivity contribution is 6.35. The van der Waals surface area contributed by atoms with Gasteiger partial charge in [0.2, 0.25) is 0 Å². The van der Waals surface area contributed by atoms with Gasteiger partial charge < -0.3 is 25.0 Å². The maximum absolute atomic E-state index is 11.8. The molecule has 128 valence electrons. The minimum atomic E-state index is -0.680.